The largest absolute Gasteiger partial charge is 0.260 e. The fraction of sp³-hybridized carbons (Fsp3) is 0.333. The Kier molecular flexibility index (Phi) is 1.88. The van der Waals surface area contributed by atoms with Gasteiger partial charge in [-0.3, -0.25) is 4.99 Å². The smallest absolute Gasteiger partial charge is 0.0478 e. The minimum atomic E-state index is 1.05. The van der Waals surface area contributed by atoms with Crippen LogP contribution in [0.1, 0.15) is 20.8 Å². The third kappa shape index (κ3) is 1.46. The first-order chi connectivity index (χ1) is 4.70. The van der Waals surface area contributed by atoms with Crippen LogP contribution >= 0.6 is 0 Å². The van der Waals surface area contributed by atoms with E-state index in [0.717, 1.165) is 16.9 Å². The third-order valence-electron chi connectivity index (χ3n) is 1.52. The molecule has 0 amide bonds. The van der Waals surface area contributed by atoms with Gasteiger partial charge < -0.3 is 0 Å². The number of hydrogen-bond donors (Lipinski definition) is 0. The van der Waals surface area contributed by atoms with Crippen molar-refractivity contribution in [3.8, 4) is 0 Å². The van der Waals surface area contributed by atoms with E-state index in [2.05, 4.69) is 10.7 Å². The Labute approximate surface area is 61.5 Å². The number of hydrogen-bond acceptors (Lipinski definition) is 1. The molecule has 52 valence electrons. The van der Waals surface area contributed by atoms with Crippen molar-refractivity contribution in [1.29, 1.82) is 0 Å². The SMILES string of the molecule is CC1=C=CC(C)=CN=C1C. The summed E-state index contributed by atoms with van der Waals surface area (Å²) in [7, 11) is 0. The van der Waals surface area contributed by atoms with Crippen molar-refractivity contribution < 1.29 is 0 Å². The summed E-state index contributed by atoms with van der Waals surface area (Å²) < 4.78 is 0. The monoisotopic (exact) mass is 133 g/mol. The second-order valence-corrected chi connectivity index (χ2v) is 2.50. The average molecular weight is 133 g/mol. The van der Waals surface area contributed by atoms with Crippen molar-refractivity contribution in [2.24, 2.45) is 4.99 Å². The predicted molar refractivity (Wildman–Crippen MR) is 44.1 cm³/mol. The highest BCUT2D eigenvalue weighted by molar-refractivity contribution is 5.98. The topological polar surface area (TPSA) is 12.4 Å². The maximum Gasteiger partial charge on any atom is 0.0478 e. The van der Waals surface area contributed by atoms with Crippen molar-refractivity contribution >= 4 is 5.71 Å². The van der Waals surface area contributed by atoms with E-state index in [1.165, 1.54) is 0 Å². The van der Waals surface area contributed by atoms with Gasteiger partial charge in [-0.15, -0.1) is 5.73 Å². The summed E-state index contributed by atoms with van der Waals surface area (Å²) in [6.45, 7) is 6.02. The Morgan fingerprint density at radius 2 is 2.00 bits per heavy atom. The lowest BCUT2D eigenvalue weighted by atomic mass is 10.2. The molecule has 0 radical (unpaired) electrons. The zero-order valence-electron chi connectivity index (χ0n) is 6.60. The summed E-state index contributed by atoms with van der Waals surface area (Å²) >= 11 is 0. The van der Waals surface area contributed by atoms with E-state index in [-0.39, 0.29) is 0 Å². The highest BCUT2D eigenvalue weighted by atomic mass is 14.7. The van der Waals surface area contributed by atoms with Crippen LogP contribution < -0.4 is 0 Å². The van der Waals surface area contributed by atoms with Crippen LogP contribution in [0.2, 0.25) is 0 Å². The zero-order chi connectivity index (χ0) is 7.56. The summed E-state index contributed by atoms with van der Waals surface area (Å²) in [5.41, 5.74) is 6.45. The summed E-state index contributed by atoms with van der Waals surface area (Å²) in [5, 5.41) is 0. The van der Waals surface area contributed by atoms with Crippen LogP contribution in [-0.2, 0) is 0 Å². The first-order valence-electron chi connectivity index (χ1n) is 3.35. The van der Waals surface area contributed by atoms with E-state index < -0.39 is 0 Å². The van der Waals surface area contributed by atoms with E-state index in [1.54, 1.807) is 0 Å². The van der Waals surface area contributed by atoms with Gasteiger partial charge in [0.25, 0.3) is 0 Å². The quantitative estimate of drug-likeness (QED) is 0.450. The lowest BCUT2D eigenvalue weighted by Crippen LogP contribution is -1.88. The summed E-state index contributed by atoms with van der Waals surface area (Å²) in [6.07, 6.45) is 3.81. The molecule has 0 unspecified atom stereocenters. The molecule has 0 N–H and O–H groups in total. The van der Waals surface area contributed by atoms with Gasteiger partial charge >= 0.3 is 0 Å². The second-order valence-electron chi connectivity index (χ2n) is 2.50. The average Bonchev–Trinajstić information content (AvgIpc) is 2.04. The van der Waals surface area contributed by atoms with Gasteiger partial charge in [0.2, 0.25) is 0 Å². The van der Waals surface area contributed by atoms with E-state index in [9.17, 15) is 0 Å². The normalized spacial score (nSPS) is 17.3. The molecule has 0 saturated carbocycles. The van der Waals surface area contributed by atoms with Gasteiger partial charge in [-0.2, -0.15) is 0 Å². The zero-order valence-corrected chi connectivity index (χ0v) is 6.60. The second kappa shape index (κ2) is 2.68. The van der Waals surface area contributed by atoms with E-state index in [4.69, 9.17) is 0 Å². The molecule has 1 nitrogen and oxygen atoms in total. The molecule has 0 atom stereocenters. The Hall–Kier alpha value is -1.07. The molecule has 0 bridgehead atoms. The predicted octanol–water partition coefficient (Wildman–Crippen LogP) is 2.47. The molecule has 0 aromatic carbocycles. The minimum absolute atomic E-state index is 1.05. The summed E-state index contributed by atoms with van der Waals surface area (Å²) in [6, 6.07) is 0. The Bertz CT molecular complexity index is 260. The maximum absolute atomic E-state index is 4.21. The van der Waals surface area contributed by atoms with Gasteiger partial charge in [-0.1, -0.05) is 0 Å². The highest BCUT2D eigenvalue weighted by Crippen LogP contribution is 2.03. The van der Waals surface area contributed by atoms with Crippen LogP contribution in [0.15, 0.2) is 34.1 Å². The number of allylic oxidation sites excluding steroid dienone is 2. The van der Waals surface area contributed by atoms with Crippen molar-refractivity contribution in [2.75, 3.05) is 0 Å². The number of rotatable bonds is 0. The Morgan fingerprint density at radius 1 is 1.30 bits per heavy atom. The van der Waals surface area contributed by atoms with Crippen molar-refractivity contribution in [3.63, 3.8) is 0 Å². The molecular formula is C9H11N. The minimum Gasteiger partial charge on any atom is -0.260 e. The third-order valence-corrected chi connectivity index (χ3v) is 1.52. The van der Waals surface area contributed by atoms with E-state index in [1.807, 2.05) is 33.0 Å². The van der Waals surface area contributed by atoms with Gasteiger partial charge in [0, 0.05) is 17.5 Å². The Morgan fingerprint density at radius 3 is 2.70 bits per heavy atom. The molecule has 0 fully saturated rings. The van der Waals surface area contributed by atoms with E-state index in [0.29, 0.717) is 0 Å². The van der Waals surface area contributed by atoms with Crippen LogP contribution in [0, 0.1) is 0 Å². The molecule has 0 aromatic heterocycles. The molecule has 1 heteroatoms. The van der Waals surface area contributed by atoms with Gasteiger partial charge in [-0.25, -0.2) is 0 Å². The number of aliphatic imine (C=N–C) groups is 1. The van der Waals surface area contributed by atoms with Crippen LogP contribution in [0.4, 0.5) is 0 Å². The first-order valence-corrected chi connectivity index (χ1v) is 3.35. The molecular weight excluding hydrogens is 122 g/mol. The molecule has 1 aliphatic rings. The molecule has 0 aliphatic carbocycles. The lowest BCUT2D eigenvalue weighted by molar-refractivity contribution is 1.42. The van der Waals surface area contributed by atoms with Crippen LogP contribution in [0.3, 0.4) is 0 Å². The van der Waals surface area contributed by atoms with Crippen molar-refractivity contribution in [3.05, 3.63) is 29.2 Å². The van der Waals surface area contributed by atoms with Gasteiger partial charge in [-0.05, 0) is 32.4 Å². The molecule has 10 heavy (non-hydrogen) atoms. The molecule has 1 heterocycles. The van der Waals surface area contributed by atoms with Crippen LogP contribution in [-0.4, -0.2) is 5.71 Å². The van der Waals surface area contributed by atoms with Crippen molar-refractivity contribution in [1.82, 2.24) is 0 Å². The molecule has 0 aromatic rings. The van der Waals surface area contributed by atoms with Gasteiger partial charge in [0.05, 0.1) is 0 Å². The van der Waals surface area contributed by atoms with E-state index >= 15 is 0 Å². The fourth-order valence-electron chi connectivity index (χ4n) is 0.659. The fourth-order valence-corrected chi connectivity index (χ4v) is 0.659. The molecule has 0 spiro atoms. The number of nitrogens with zero attached hydrogens (tertiary/aromatic N) is 1. The van der Waals surface area contributed by atoms with Crippen LogP contribution in [0.25, 0.3) is 0 Å². The summed E-state index contributed by atoms with van der Waals surface area (Å²) in [4.78, 5) is 4.21. The molecule has 1 aliphatic heterocycles. The molecule has 0 saturated heterocycles. The van der Waals surface area contributed by atoms with Crippen LogP contribution in [0.5, 0.6) is 0 Å². The maximum atomic E-state index is 4.21. The lowest BCUT2D eigenvalue weighted by Gasteiger charge is -1.90. The highest BCUT2D eigenvalue weighted by Gasteiger charge is 1.93. The van der Waals surface area contributed by atoms with Gasteiger partial charge in [0.1, 0.15) is 0 Å². The standard InChI is InChI=1S/C9H11N/c1-7-4-5-8(2)9(3)10-6-7/h4,6H,1-3H3. The Balaban J connectivity index is 3.12. The molecule has 1 rings (SSSR count). The van der Waals surface area contributed by atoms with Crippen molar-refractivity contribution in [2.45, 2.75) is 20.8 Å². The summed E-state index contributed by atoms with van der Waals surface area (Å²) in [5.74, 6) is 0. The first kappa shape index (κ1) is 7.04. The van der Waals surface area contributed by atoms with Gasteiger partial charge in [0.15, 0.2) is 0 Å².